The van der Waals surface area contributed by atoms with Gasteiger partial charge in [-0.05, 0) is 49.8 Å². The minimum atomic E-state index is -0.132. The molecule has 3 saturated heterocycles. The zero-order valence-electron chi connectivity index (χ0n) is 14.9. The summed E-state index contributed by atoms with van der Waals surface area (Å²) in [7, 11) is 0. The first-order valence-corrected chi connectivity index (χ1v) is 9.50. The molecule has 3 aliphatic heterocycles. The summed E-state index contributed by atoms with van der Waals surface area (Å²) in [6.45, 7) is 2.12. The number of fused-ring (bicyclic) bond motifs is 4. The second kappa shape index (κ2) is 6.99. The van der Waals surface area contributed by atoms with Gasteiger partial charge in [-0.2, -0.15) is 5.26 Å². The van der Waals surface area contributed by atoms with Crippen LogP contribution >= 0.6 is 0 Å². The molecule has 2 atom stereocenters. The van der Waals surface area contributed by atoms with Crippen molar-refractivity contribution in [3.8, 4) is 6.07 Å². The zero-order valence-corrected chi connectivity index (χ0v) is 14.9. The van der Waals surface area contributed by atoms with Crippen molar-refractivity contribution in [3.63, 3.8) is 0 Å². The van der Waals surface area contributed by atoms with Gasteiger partial charge in [0.15, 0.2) is 0 Å². The Bertz CT molecular complexity index is 752. The number of nitrogens with zero attached hydrogens (tertiary/aromatic N) is 3. The zero-order chi connectivity index (χ0) is 18.1. The maximum atomic E-state index is 12.8. The Labute approximate surface area is 153 Å². The Morgan fingerprint density at radius 1 is 1.12 bits per heavy atom. The number of carbonyl (C=O) groups is 2. The topological polar surface area (TPSA) is 76.4 Å². The molecule has 3 heterocycles. The van der Waals surface area contributed by atoms with Gasteiger partial charge in [0.2, 0.25) is 5.91 Å². The number of nitrogens with one attached hydrogen (secondary N) is 1. The first-order valence-electron chi connectivity index (χ1n) is 9.50. The number of hydrogen-bond acceptors (Lipinski definition) is 3. The van der Waals surface area contributed by atoms with Gasteiger partial charge < -0.3 is 15.1 Å². The molecule has 5 rings (SSSR count). The normalized spacial score (nSPS) is 25.2. The lowest BCUT2D eigenvalue weighted by molar-refractivity contribution is -0.138. The van der Waals surface area contributed by atoms with Crippen LogP contribution in [0.1, 0.15) is 37.7 Å². The van der Waals surface area contributed by atoms with Gasteiger partial charge in [-0.3, -0.25) is 4.79 Å². The van der Waals surface area contributed by atoms with Crippen LogP contribution in [0.4, 0.5) is 10.5 Å². The first-order chi connectivity index (χ1) is 12.6. The Kier molecular flexibility index (Phi) is 4.54. The second-order valence-electron chi connectivity index (χ2n) is 7.74. The highest BCUT2D eigenvalue weighted by Crippen LogP contribution is 2.33. The summed E-state index contributed by atoms with van der Waals surface area (Å²) >= 11 is 0. The van der Waals surface area contributed by atoms with Gasteiger partial charge in [0, 0.05) is 31.2 Å². The summed E-state index contributed by atoms with van der Waals surface area (Å²) in [6, 6.07) is 8.99. The fourth-order valence-corrected chi connectivity index (χ4v) is 4.29. The molecule has 4 aliphatic rings. The van der Waals surface area contributed by atoms with Gasteiger partial charge in [-0.1, -0.05) is 12.5 Å². The molecule has 2 bridgehead atoms. The van der Waals surface area contributed by atoms with Gasteiger partial charge in [0.25, 0.3) is 0 Å². The summed E-state index contributed by atoms with van der Waals surface area (Å²) in [4.78, 5) is 29.4. The fraction of sp³-hybridized carbons (Fsp3) is 0.550. The Hall–Kier alpha value is -2.55. The molecule has 1 aromatic carbocycles. The maximum absolute atomic E-state index is 12.8. The highest BCUT2D eigenvalue weighted by molar-refractivity contribution is 5.90. The molecule has 6 nitrogen and oxygen atoms in total. The predicted octanol–water partition coefficient (Wildman–Crippen LogP) is 2.81. The third kappa shape index (κ3) is 3.26. The van der Waals surface area contributed by atoms with E-state index < -0.39 is 0 Å². The van der Waals surface area contributed by atoms with Crippen molar-refractivity contribution in [1.29, 1.82) is 5.26 Å². The quantitative estimate of drug-likeness (QED) is 0.889. The molecule has 4 fully saturated rings. The molecule has 0 radical (unpaired) electrons. The van der Waals surface area contributed by atoms with Crippen LogP contribution < -0.4 is 5.32 Å². The maximum Gasteiger partial charge on any atom is 0.322 e. The highest BCUT2D eigenvalue weighted by Gasteiger charge is 2.40. The Morgan fingerprint density at radius 2 is 1.96 bits per heavy atom. The minimum absolute atomic E-state index is 0.0805. The molecule has 6 heteroatoms. The number of carbonyl (C=O) groups excluding carboxylic acids is 2. The molecule has 0 spiro atoms. The number of piperidine rings is 1. The molecular weight excluding hydrogens is 328 g/mol. The van der Waals surface area contributed by atoms with Crippen LogP contribution in [0, 0.1) is 23.2 Å². The fourth-order valence-electron chi connectivity index (χ4n) is 4.29. The van der Waals surface area contributed by atoms with Crippen molar-refractivity contribution in [2.45, 2.75) is 38.1 Å². The number of nitriles is 1. The minimum Gasteiger partial charge on any atom is -0.340 e. The number of rotatable bonds is 2. The molecule has 26 heavy (non-hydrogen) atoms. The van der Waals surface area contributed by atoms with E-state index in [1.165, 1.54) is 0 Å². The van der Waals surface area contributed by atoms with Crippen LogP contribution in [0.3, 0.4) is 0 Å². The van der Waals surface area contributed by atoms with Gasteiger partial charge in [0.1, 0.15) is 0 Å². The molecule has 2 unspecified atom stereocenters. The molecule has 1 N–H and O–H groups in total. The summed E-state index contributed by atoms with van der Waals surface area (Å²) in [5.41, 5.74) is 1.16. The van der Waals surface area contributed by atoms with Crippen molar-refractivity contribution in [2.24, 2.45) is 11.8 Å². The van der Waals surface area contributed by atoms with Crippen LogP contribution in [0.25, 0.3) is 0 Å². The number of amides is 3. The summed E-state index contributed by atoms with van der Waals surface area (Å²) in [6.07, 6.45) is 5.22. The van der Waals surface area contributed by atoms with Crippen LogP contribution in [0.5, 0.6) is 0 Å². The molecule has 0 aromatic heterocycles. The van der Waals surface area contributed by atoms with Crippen LogP contribution in [-0.4, -0.2) is 47.4 Å². The number of anilines is 1. The largest absolute Gasteiger partial charge is 0.340 e. The SMILES string of the molecule is N#Cc1cccc(NC(=O)N2CC3CCC2CN(C(=O)C2CCC2)C3)c1. The van der Waals surface area contributed by atoms with E-state index >= 15 is 0 Å². The van der Waals surface area contributed by atoms with Crippen molar-refractivity contribution in [3.05, 3.63) is 29.8 Å². The Morgan fingerprint density at radius 3 is 2.69 bits per heavy atom. The van der Waals surface area contributed by atoms with Crippen LogP contribution in [-0.2, 0) is 4.79 Å². The van der Waals surface area contributed by atoms with Gasteiger partial charge in [0.05, 0.1) is 17.7 Å². The smallest absolute Gasteiger partial charge is 0.322 e. The summed E-state index contributed by atoms with van der Waals surface area (Å²) < 4.78 is 0. The summed E-state index contributed by atoms with van der Waals surface area (Å²) in [5.74, 6) is 0.856. The van der Waals surface area contributed by atoms with E-state index in [-0.39, 0.29) is 23.9 Å². The van der Waals surface area contributed by atoms with Crippen LogP contribution in [0.15, 0.2) is 24.3 Å². The molecular formula is C20H24N4O2. The molecule has 3 amide bonds. The lowest BCUT2D eigenvalue weighted by atomic mass is 9.84. The van der Waals surface area contributed by atoms with E-state index in [2.05, 4.69) is 11.4 Å². The third-order valence-corrected chi connectivity index (χ3v) is 5.98. The lowest BCUT2D eigenvalue weighted by Gasteiger charge is -2.36. The molecule has 136 valence electrons. The molecule has 1 aliphatic carbocycles. The van der Waals surface area contributed by atoms with E-state index in [4.69, 9.17) is 5.26 Å². The van der Waals surface area contributed by atoms with Crippen molar-refractivity contribution < 1.29 is 9.59 Å². The average molecular weight is 352 g/mol. The van der Waals surface area contributed by atoms with Gasteiger partial charge in [-0.25, -0.2) is 4.79 Å². The predicted molar refractivity (Wildman–Crippen MR) is 97.3 cm³/mol. The van der Waals surface area contributed by atoms with Crippen LogP contribution in [0.2, 0.25) is 0 Å². The highest BCUT2D eigenvalue weighted by atomic mass is 16.2. The first kappa shape index (κ1) is 16.9. The van der Waals surface area contributed by atoms with Gasteiger partial charge >= 0.3 is 6.03 Å². The third-order valence-electron chi connectivity index (χ3n) is 5.98. The van der Waals surface area contributed by atoms with E-state index in [0.717, 1.165) is 38.6 Å². The molecule has 1 aromatic rings. The standard InChI is InChI=1S/C20H24N4O2/c21-10-14-3-1-6-17(9-14)22-20(26)24-12-15-7-8-18(24)13-23(11-15)19(25)16-4-2-5-16/h1,3,6,9,15-16,18H,2,4-5,7-8,11-13H2,(H,22,26). The number of hydrogen-bond donors (Lipinski definition) is 1. The summed E-state index contributed by atoms with van der Waals surface area (Å²) in [5, 5.41) is 11.9. The van der Waals surface area contributed by atoms with E-state index in [1.54, 1.807) is 24.3 Å². The molecule has 1 saturated carbocycles. The second-order valence-corrected chi connectivity index (χ2v) is 7.74. The van der Waals surface area contributed by atoms with Crippen molar-refractivity contribution in [1.82, 2.24) is 9.80 Å². The lowest BCUT2D eigenvalue weighted by Crippen LogP contribution is -2.49. The number of urea groups is 1. The number of benzene rings is 1. The van der Waals surface area contributed by atoms with Crippen molar-refractivity contribution >= 4 is 17.6 Å². The monoisotopic (exact) mass is 352 g/mol. The van der Waals surface area contributed by atoms with E-state index in [9.17, 15) is 9.59 Å². The Balaban J connectivity index is 1.45. The van der Waals surface area contributed by atoms with Crippen molar-refractivity contribution in [2.75, 3.05) is 25.0 Å². The van der Waals surface area contributed by atoms with E-state index in [1.807, 2.05) is 9.80 Å². The van der Waals surface area contributed by atoms with Gasteiger partial charge in [-0.15, -0.1) is 0 Å². The van der Waals surface area contributed by atoms with E-state index in [0.29, 0.717) is 30.3 Å². The average Bonchev–Trinajstić information content (AvgIpc) is 2.92.